The number of hydrogen-bond donors (Lipinski definition) is 3. The molecule has 2 bridgehead atoms. The summed E-state index contributed by atoms with van der Waals surface area (Å²) in [5, 5.41) is 27.0. The molecule has 4 nitrogen and oxygen atoms in total. The lowest BCUT2D eigenvalue weighted by Gasteiger charge is -2.25. The topological polar surface area (TPSA) is 69.6 Å². The summed E-state index contributed by atoms with van der Waals surface area (Å²) in [6, 6.07) is 9.37. The molecule has 4 aromatic carbocycles. The van der Waals surface area contributed by atoms with Gasteiger partial charge in [0.1, 0.15) is 0 Å². The van der Waals surface area contributed by atoms with Gasteiger partial charge in [-0.3, -0.25) is 0 Å². The van der Waals surface area contributed by atoms with E-state index in [1.807, 2.05) is 52.0 Å². The van der Waals surface area contributed by atoms with Gasteiger partial charge in [-0.2, -0.15) is 0 Å². The van der Waals surface area contributed by atoms with E-state index in [4.69, 9.17) is 0 Å². The third-order valence-corrected chi connectivity index (χ3v) is 4.44. The number of nitrogens with one attached hydrogen (secondary N) is 1. The molecule has 1 atom stereocenters. The smallest absolute Gasteiger partial charge is 0.336 e. The van der Waals surface area contributed by atoms with Crippen LogP contribution in [-0.4, -0.2) is 28.3 Å². The summed E-state index contributed by atoms with van der Waals surface area (Å²) in [6.07, 6.45) is -0.686. The number of aliphatic hydroxyl groups is 1. The van der Waals surface area contributed by atoms with E-state index in [9.17, 15) is 15.0 Å². The minimum absolute atomic E-state index is 0.0937. The van der Waals surface area contributed by atoms with Crippen molar-refractivity contribution in [2.24, 2.45) is 0 Å². The maximum Gasteiger partial charge on any atom is 0.336 e. The Bertz CT molecular complexity index is 908. The molecule has 0 aliphatic rings. The van der Waals surface area contributed by atoms with Gasteiger partial charge in [-0.25, -0.2) is 4.79 Å². The Labute approximate surface area is 141 Å². The van der Waals surface area contributed by atoms with Gasteiger partial charge in [0.2, 0.25) is 0 Å². The number of aromatic carboxylic acids is 1. The first-order valence-corrected chi connectivity index (χ1v) is 8.14. The van der Waals surface area contributed by atoms with Gasteiger partial charge in [0, 0.05) is 17.5 Å². The van der Waals surface area contributed by atoms with Crippen LogP contribution in [0.4, 0.5) is 0 Å². The SMILES string of the molecule is Cc1ccc(C(=O)O)c2c3ccc(cc3C(O)CNC(C)(C)C)c12. The highest BCUT2D eigenvalue weighted by Gasteiger charge is 2.21. The molecule has 24 heavy (non-hydrogen) atoms. The van der Waals surface area contributed by atoms with Crippen molar-refractivity contribution in [2.45, 2.75) is 39.3 Å². The number of fused-ring (bicyclic) bond motifs is 2. The molecule has 0 aliphatic carbocycles. The molecule has 0 radical (unpaired) electrons. The zero-order valence-corrected chi connectivity index (χ0v) is 14.5. The van der Waals surface area contributed by atoms with Crippen LogP contribution in [-0.2, 0) is 0 Å². The first-order valence-electron chi connectivity index (χ1n) is 8.14. The van der Waals surface area contributed by atoms with Gasteiger partial charge < -0.3 is 15.5 Å². The van der Waals surface area contributed by atoms with E-state index in [1.165, 1.54) is 0 Å². The van der Waals surface area contributed by atoms with Crippen molar-refractivity contribution in [1.29, 1.82) is 0 Å². The predicted octanol–water partition coefficient (Wildman–Crippen LogP) is 3.86. The van der Waals surface area contributed by atoms with Crippen molar-refractivity contribution in [3.05, 3.63) is 47.0 Å². The molecule has 0 amide bonds. The van der Waals surface area contributed by atoms with Crippen molar-refractivity contribution >= 4 is 27.5 Å². The summed E-state index contributed by atoms with van der Waals surface area (Å²) in [5.74, 6) is -0.943. The van der Waals surface area contributed by atoms with E-state index in [2.05, 4.69) is 5.32 Å². The largest absolute Gasteiger partial charge is 0.478 e. The van der Waals surface area contributed by atoms with Gasteiger partial charge in [0.05, 0.1) is 11.7 Å². The second kappa shape index (κ2) is 5.72. The number of hydrogen-bond acceptors (Lipinski definition) is 3. The van der Waals surface area contributed by atoms with Crippen LogP contribution in [0.1, 0.15) is 48.4 Å². The van der Waals surface area contributed by atoms with Crippen LogP contribution in [0.5, 0.6) is 0 Å². The van der Waals surface area contributed by atoms with Crippen molar-refractivity contribution < 1.29 is 15.0 Å². The maximum atomic E-state index is 11.7. The molecule has 0 saturated heterocycles. The zero-order valence-electron chi connectivity index (χ0n) is 14.5. The van der Waals surface area contributed by atoms with Crippen LogP contribution >= 0.6 is 0 Å². The molecule has 1 unspecified atom stereocenters. The summed E-state index contributed by atoms with van der Waals surface area (Å²) < 4.78 is 0. The van der Waals surface area contributed by atoms with Crippen molar-refractivity contribution in [3.63, 3.8) is 0 Å². The van der Waals surface area contributed by atoms with Gasteiger partial charge in [-0.1, -0.05) is 18.2 Å². The normalized spacial score (nSPS) is 13.7. The lowest BCUT2D eigenvalue weighted by Crippen LogP contribution is -2.38. The van der Waals surface area contributed by atoms with E-state index in [1.54, 1.807) is 6.07 Å². The number of aliphatic hydroxyl groups excluding tert-OH is 1. The Morgan fingerprint density at radius 3 is 2.50 bits per heavy atom. The van der Waals surface area contributed by atoms with Gasteiger partial charge >= 0.3 is 5.97 Å². The van der Waals surface area contributed by atoms with Gasteiger partial charge in [-0.15, -0.1) is 0 Å². The Kier molecular flexibility index (Phi) is 3.98. The molecule has 0 heterocycles. The number of rotatable bonds is 4. The second-order valence-electron chi connectivity index (χ2n) is 7.43. The summed E-state index contributed by atoms with van der Waals surface area (Å²) in [4.78, 5) is 11.7. The Morgan fingerprint density at radius 1 is 1.17 bits per heavy atom. The van der Waals surface area contributed by atoms with Crippen molar-refractivity contribution in [2.75, 3.05) is 6.54 Å². The number of carboxylic acid groups (broad SMARTS) is 1. The lowest BCUT2D eigenvalue weighted by molar-refractivity contribution is 0.0699. The highest BCUT2D eigenvalue weighted by molar-refractivity contribution is 6.19. The molecule has 4 heteroatoms. The van der Waals surface area contributed by atoms with Crippen LogP contribution in [0.15, 0.2) is 30.3 Å². The number of β-amino-alcohol motifs (C(OH)–C–C–N with tert-alkyl or cyclic N) is 1. The molecular formula is C20H23NO3. The Balaban J connectivity index is 2.18. The molecule has 0 spiro atoms. The van der Waals surface area contributed by atoms with E-state index in [0.29, 0.717) is 6.54 Å². The third kappa shape index (κ3) is 2.83. The highest BCUT2D eigenvalue weighted by Crippen LogP contribution is 2.38. The predicted molar refractivity (Wildman–Crippen MR) is 97.1 cm³/mol. The van der Waals surface area contributed by atoms with Crippen LogP contribution in [0.25, 0.3) is 21.5 Å². The average molecular weight is 325 g/mol. The fourth-order valence-corrected chi connectivity index (χ4v) is 3.27. The molecule has 4 rings (SSSR count). The lowest BCUT2D eigenvalue weighted by atomic mass is 9.87. The van der Waals surface area contributed by atoms with E-state index >= 15 is 0 Å². The molecule has 126 valence electrons. The summed E-state index contributed by atoms with van der Waals surface area (Å²) in [7, 11) is 0. The van der Waals surface area contributed by atoms with Crippen LogP contribution in [0, 0.1) is 6.92 Å². The molecule has 4 aromatic rings. The molecule has 3 N–H and O–H groups in total. The van der Waals surface area contributed by atoms with Crippen LogP contribution < -0.4 is 5.32 Å². The molecule has 0 fully saturated rings. The molecular weight excluding hydrogens is 302 g/mol. The zero-order chi connectivity index (χ0) is 17.6. The van der Waals surface area contributed by atoms with Crippen LogP contribution in [0.3, 0.4) is 0 Å². The van der Waals surface area contributed by atoms with Crippen molar-refractivity contribution in [3.8, 4) is 0 Å². The van der Waals surface area contributed by atoms with Crippen molar-refractivity contribution in [1.82, 2.24) is 5.32 Å². The Morgan fingerprint density at radius 2 is 1.88 bits per heavy atom. The quantitative estimate of drug-likeness (QED) is 0.681. The summed E-state index contributed by atoms with van der Waals surface area (Å²) >= 11 is 0. The number of aryl methyl sites for hydroxylation is 1. The first kappa shape index (κ1) is 16.7. The monoisotopic (exact) mass is 325 g/mol. The molecule has 0 aliphatic heterocycles. The van der Waals surface area contributed by atoms with E-state index in [0.717, 1.165) is 32.7 Å². The first-order chi connectivity index (χ1) is 11.2. The summed E-state index contributed by atoms with van der Waals surface area (Å²) in [6.45, 7) is 8.54. The standard InChI is InChI=1S/C20H23NO3/c1-11-5-7-14(19(23)24)18-13-8-6-12(17(11)18)9-15(13)16(22)10-21-20(2,3)4/h5-9,16,21-22H,10H2,1-4H3,(H,23,24). The van der Waals surface area contributed by atoms with Crippen LogP contribution in [0.2, 0.25) is 0 Å². The van der Waals surface area contributed by atoms with Gasteiger partial charge in [0.25, 0.3) is 0 Å². The number of carbonyl (C=O) groups is 1. The average Bonchev–Trinajstić information content (AvgIpc) is 2.52. The number of benzene rings is 4. The minimum atomic E-state index is -0.943. The van der Waals surface area contributed by atoms with E-state index in [-0.39, 0.29) is 11.1 Å². The molecule has 0 saturated carbocycles. The highest BCUT2D eigenvalue weighted by atomic mass is 16.4. The fraction of sp³-hybridized carbons (Fsp3) is 0.350. The minimum Gasteiger partial charge on any atom is -0.478 e. The second-order valence-corrected chi connectivity index (χ2v) is 7.43. The fourth-order valence-electron chi connectivity index (χ4n) is 3.27. The van der Waals surface area contributed by atoms with Gasteiger partial charge in [0.15, 0.2) is 0 Å². The summed E-state index contributed by atoms with van der Waals surface area (Å²) in [5.41, 5.74) is 2.02. The molecule has 0 aromatic heterocycles. The third-order valence-electron chi connectivity index (χ3n) is 4.44. The number of carboxylic acids is 1. The maximum absolute atomic E-state index is 11.7. The van der Waals surface area contributed by atoms with Gasteiger partial charge in [-0.05, 0) is 67.1 Å². The van der Waals surface area contributed by atoms with E-state index < -0.39 is 12.1 Å². The Hall–Kier alpha value is -2.17.